The van der Waals surface area contributed by atoms with E-state index in [1.165, 1.54) is 0 Å². The van der Waals surface area contributed by atoms with Crippen molar-refractivity contribution in [2.45, 2.75) is 50.5 Å². The van der Waals surface area contributed by atoms with Crippen LogP contribution in [-0.4, -0.2) is 22.3 Å². The van der Waals surface area contributed by atoms with Gasteiger partial charge >= 0.3 is 5.97 Å². The molecule has 3 heteroatoms. The Morgan fingerprint density at radius 1 is 1.44 bits per heavy atom. The maximum atomic E-state index is 11.8. The monoisotopic (exact) mass is 248 g/mol. The molecule has 2 N–H and O–H groups in total. The van der Waals surface area contributed by atoms with Gasteiger partial charge in [0.25, 0.3) is 0 Å². The van der Waals surface area contributed by atoms with Gasteiger partial charge in [-0.1, -0.05) is 24.3 Å². The molecule has 0 bridgehead atoms. The van der Waals surface area contributed by atoms with E-state index < -0.39 is 17.5 Å². The Balaban J connectivity index is 2.39. The first kappa shape index (κ1) is 13.1. The van der Waals surface area contributed by atoms with Crippen molar-refractivity contribution >= 4 is 5.97 Å². The van der Waals surface area contributed by atoms with Gasteiger partial charge in [-0.2, -0.15) is 0 Å². The highest BCUT2D eigenvalue weighted by Crippen LogP contribution is 2.41. The standard InChI is InChI=1S/C15H20O3/c1-11(16)8-10-15(14(17)18)9-4-6-12-5-2-3-7-13(12)15/h2-3,5,7,11,16H,4,6,8-10H2,1H3,(H,17,18). The molecule has 98 valence electrons. The van der Waals surface area contributed by atoms with Crippen LogP contribution in [0.15, 0.2) is 24.3 Å². The summed E-state index contributed by atoms with van der Waals surface area (Å²) in [7, 11) is 0. The molecule has 1 aromatic carbocycles. The minimum Gasteiger partial charge on any atom is -0.481 e. The first-order chi connectivity index (χ1) is 8.56. The second-order valence-corrected chi connectivity index (χ2v) is 5.29. The first-order valence-electron chi connectivity index (χ1n) is 6.56. The summed E-state index contributed by atoms with van der Waals surface area (Å²) in [5.41, 5.74) is 1.30. The van der Waals surface area contributed by atoms with Crippen molar-refractivity contribution in [2.24, 2.45) is 0 Å². The molecular formula is C15H20O3. The number of hydrogen-bond donors (Lipinski definition) is 2. The molecule has 1 aliphatic carbocycles. The van der Waals surface area contributed by atoms with Gasteiger partial charge in [0.15, 0.2) is 0 Å². The molecule has 18 heavy (non-hydrogen) atoms. The largest absolute Gasteiger partial charge is 0.481 e. The highest BCUT2D eigenvalue weighted by atomic mass is 16.4. The minimum absolute atomic E-state index is 0.449. The maximum absolute atomic E-state index is 11.8. The van der Waals surface area contributed by atoms with E-state index in [-0.39, 0.29) is 0 Å². The van der Waals surface area contributed by atoms with Crippen LogP contribution < -0.4 is 0 Å². The molecule has 0 radical (unpaired) electrons. The Morgan fingerprint density at radius 3 is 2.83 bits per heavy atom. The third-order valence-electron chi connectivity index (χ3n) is 3.98. The van der Waals surface area contributed by atoms with Crippen LogP contribution in [-0.2, 0) is 16.6 Å². The van der Waals surface area contributed by atoms with Gasteiger partial charge in [0, 0.05) is 0 Å². The number of aliphatic hydroxyl groups excluding tert-OH is 1. The molecular weight excluding hydrogens is 228 g/mol. The molecule has 0 spiro atoms. The lowest BCUT2D eigenvalue weighted by molar-refractivity contribution is -0.145. The molecule has 0 aromatic heterocycles. The van der Waals surface area contributed by atoms with Gasteiger partial charge in [0.2, 0.25) is 0 Å². The van der Waals surface area contributed by atoms with Crippen LogP contribution in [0, 0.1) is 0 Å². The average molecular weight is 248 g/mol. The molecule has 2 atom stereocenters. The van der Waals surface area contributed by atoms with Crippen molar-refractivity contribution in [2.75, 3.05) is 0 Å². The summed E-state index contributed by atoms with van der Waals surface area (Å²) in [4.78, 5) is 11.8. The average Bonchev–Trinajstić information content (AvgIpc) is 2.36. The molecule has 2 rings (SSSR count). The highest BCUT2D eigenvalue weighted by Gasteiger charge is 2.42. The number of benzene rings is 1. The lowest BCUT2D eigenvalue weighted by Crippen LogP contribution is -2.39. The quantitative estimate of drug-likeness (QED) is 0.860. The first-order valence-corrected chi connectivity index (χ1v) is 6.56. The number of carbonyl (C=O) groups is 1. The molecule has 0 fully saturated rings. The molecule has 1 aliphatic rings. The summed E-state index contributed by atoms with van der Waals surface area (Å²) in [5.74, 6) is -0.754. The van der Waals surface area contributed by atoms with Crippen LogP contribution in [0.1, 0.15) is 43.7 Å². The van der Waals surface area contributed by atoms with E-state index in [1.807, 2.05) is 24.3 Å². The van der Waals surface area contributed by atoms with Gasteiger partial charge in [-0.3, -0.25) is 4.79 Å². The summed E-state index contributed by atoms with van der Waals surface area (Å²) < 4.78 is 0. The van der Waals surface area contributed by atoms with Gasteiger partial charge in [-0.15, -0.1) is 0 Å². The van der Waals surface area contributed by atoms with Gasteiger partial charge in [-0.05, 0) is 50.2 Å². The molecule has 0 heterocycles. The van der Waals surface area contributed by atoms with E-state index in [0.29, 0.717) is 19.3 Å². The fraction of sp³-hybridized carbons (Fsp3) is 0.533. The van der Waals surface area contributed by atoms with Crippen molar-refractivity contribution in [3.63, 3.8) is 0 Å². The number of carboxylic acids is 1. The molecule has 0 saturated carbocycles. The van der Waals surface area contributed by atoms with Crippen molar-refractivity contribution in [1.29, 1.82) is 0 Å². The molecule has 2 unspecified atom stereocenters. The zero-order chi connectivity index (χ0) is 13.2. The summed E-state index contributed by atoms with van der Waals surface area (Å²) in [6.07, 6.45) is 3.13. The van der Waals surface area contributed by atoms with Crippen LogP contribution >= 0.6 is 0 Å². The highest BCUT2D eigenvalue weighted by molar-refractivity contribution is 5.82. The zero-order valence-corrected chi connectivity index (χ0v) is 10.7. The van der Waals surface area contributed by atoms with Crippen LogP contribution in [0.5, 0.6) is 0 Å². The number of carboxylic acid groups (broad SMARTS) is 1. The minimum atomic E-state index is -0.800. The van der Waals surface area contributed by atoms with Crippen LogP contribution in [0.3, 0.4) is 0 Å². The molecule has 1 aromatic rings. The van der Waals surface area contributed by atoms with Crippen molar-refractivity contribution in [1.82, 2.24) is 0 Å². The second-order valence-electron chi connectivity index (χ2n) is 5.29. The van der Waals surface area contributed by atoms with E-state index in [1.54, 1.807) is 6.92 Å². The lowest BCUT2D eigenvalue weighted by atomic mass is 9.67. The van der Waals surface area contributed by atoms with E-state index in [9.17, 15) is 15.0 Å². The van der Waals surface area contributed by atoms with Gasteiger partial charge in [0.1, 0.15) is 0 Å². The van der Waals surface area contributed by atoms with Crippen LogP contribution in [0.25, 0.3) is 0 Å². The molecule has 0 amide bonds. The number of aliphatic carboxylic acids is 1. The molecule has 0 aliphatic heterocycles. The summed E-state index contributed by atoms with van der Waals surface area (Å²) >= 11 is 0. The summed E-state index contributed by atoms with van der Waals surface area (Å²) in [6.45, 7) is 1.71. The van der Waals surface area contributed by atoms with E-state index in [4.69, 9.17) is 0 Å². The summed E-state index contributed by atoms with van der Waals surface area (Å²) in [5, 5.41) is 19.1. The predicted molar refractivity (Wildman–Crippen MR) is 69.6 cm³/mol. The maximum Gasteiger partial charge on any atom is 0.314 e. The topological polar surface area (TPSA) is 57.5 Å². The number of hydrogen-bond acceptors (Lipinski definition) is 2. The van der Waals surface area contributed by atoms with Gasteiger partial charge in [-0.25, -0.2) is 0 Å². The normalized spacial score (nSPS) is 24.3. The van der Waals surface area contributed by atoms with Crippen molar-refractivity contribution in [3.05, 3.63) is 35.4 Å². The Labute approximate surface area is 107 Å². The van der Waals surface area contributed by atoms with Gasteiger partial charge < -0.3 is 10.2 Å². The van der Waals surface area contributed by atoms with Gasteiger partial charge in [0.05, 0.1) is 11.5 Å². The Kier molecular flexibility index (Phi) is 3.71. The molecule has 3 nitrogen and oxygen atoms in total. The third-order valence-corrected chi connectivity index (χ3v) is 3.98. The third kappa shape index (κ3) is 2.27. The number of fused-ring (bicyclic) bond motifs is 1. The molecule has 0 saturated heterocycles. The second kappa shape index (κ2) is 5.11. The van der Waals surface area contributed by atoms with E-state index in [2.05, 4.69) is 0 Å². The van der Waals surface area contributed by atoms with Crippen molar-refractivity contribution in [3.8, 4) is 0 Å². The lowest BCUT2D eigenvalue weighted by Gasteiger charge is -2.36. The number of rotatable bonds is 4. The van der Waals surface area contributed by atoms with Crippen LogP contribution in [0.2, 0.25) is 0 Å². The summed E-state index contributed by atoms with van der Waals surface area (Å²) in [6, 6.07) is 7.83. The predicted octanol–water partition coefficient (Wildman–Crippen LogP) is 2.51. The van der Waals surface area contributed by atoms with Crippen LogP contribution in [0.4, 0.5) is 0 Å². The number of aliphatic hydroxyl groups is 1. The zero-order valence-electron chi connectivity index (χ0n) is 10.7. The van der Waals surface area contributed by atoms with E-state index in [0.717, 1.165) is 24.0 Å². The SMILES string of the molecule is CC(O)CCC1(C(=O)O)CCCc2ccccc21. The van der Waals surface area contributed by atoms with Crippen molar-refractivity contribution < 1.29 is 15.0 Å². The fourth-order valence-corrected chi connectivity index (χ4v) is 2.96. The smallest absolute Gasteiger partial charge is 0.314 e. The Bertz CT molecular complexity index is 439. The van der Waals surface area contributed by atoms with E-state index >= 15 is 0 Å². The number of aryl methyl sites for hydroxylation is 1. The fourth-order valence-electron chi connectivity index (χ4n) is 2.96. The Hall–Kier alpha value is -1.35. The Morgan fingerprint density at radius 2 is 2.17 bits per heavy atom.